The lowest BCUT2D eigenvalue weighted by atomic mass is 10.0. The molecule has 7 heteroatoms. The number of morpholine rings is 1. The molecule has 6 nitrogen and oxygen atoms in total. The summed E-state index contributed by atoms with van der Waals surface area (Å²) in [5, 5.41) is 7.54. The van der Waals surface area contributed by atoms with Crippen molar-refractivity contribution in [3.8, 4) is 11.3 Å². The molecule has 188 valence electrons. The second kappa shape index (κ2) is 13.4. The minimum absolute atomic E-state index is 0.252. The zero-order chi connectivity index (χ0) is 25.2. The molecule has 1 aromatic carbocycles. The molecule has 2 N–H and O–H groups in total. The topological polar surface area (TPSA) is 61.8 Å². The molecule has 3 rings (SSSR count). The van der Waals surface area contributed by atoms with Crippen molar-refractivity contribution in [1.29, 1.82) is 0 Å². The smallest absolute Gasteiger partial charge is 0.130 e. The van der Waals surface area contributed by atoms with Crippen LogP contribution in [0.25, 0.3) is 11.3 Å². The van der Waals surface area contributed by atoms with Gasteiger partial charge in [0.15, 0.2) is 0 Å². The fourth-order valence-electron chi connectivity index (χ4n) is 4.37. The molecule has 1 saturated heterocycles. The molecule has 0 aliphatic carbocycles. The Kier molecular flexibility index (Phi) is 10.3. The number of allylic oxidation sites excluding steroid dienone is 2. The fraction of sp³-hybridized carbons (Fsp3) is 0.429. The summed E-state index contributed by atoms with van der Waals surface area (Å²) in [5.74, 6) is 0.883. The van der Waals surface area contributed by atoms with E-state index in [4.69, 9.17) is 21.3 Å². The molecule has 0 bridgehead atoms. The zero-order valence-electron chi connectivity index (χ0n) is 21.4. The van der Waals surface area contributed by atoms with E-state index in [0.29, 0.717) is 11.6 Å². The third kappa shape index (κ3) is 7.92. The summed E-state index contributed by atoms with van der Waals surface area (Å²) in [5.41, 5.74) is 5.01. The van der Waals surface area contributed by atoms with Crippen molar-refractivity contribution in [3.63, 3.8) is 0 Å². The molecule has 2 heterocycles. The van der Waals surface area contributed by atoms with Crippen molar-refractivity contribution in [3.05, 3.63) is 71.4 Å². The number of nitrogens with zero attached hydrogens (tertiary/aromatic N) is 3. The van der Waals surface area contributed by atoms with Crippen molar-refractivity contribution >= 4 is 23.1 Å². The van der Waals surface area contributed by atoms with Gasteiger partial charge in [-0.2, -0.15) is 0 Å². The number of halogens is 1. The number of hydrogen-bond donors (Lipinski definition) is 2. The first-order valence-corrected chi connectivity index (χ1v) is 12.7. The van der Waals surface area contributed by atoms with Crippen LogP contribution in [0.4, 0.5) is 5.69 Å². The summed E-state index contributed by atoms with van der Waals surface area (Å²) in [7, 11) is 1.92. The van der Waals surface area contributed by atoms with Crippen LogP contribution in [0, 0.1) is 0 Å². The first-order valence-electron chi connectivity index (χ1n) is 12.3. The van der Waals surface area contributed by atoms with Crippen LogP contribution in [-0.2, 0) is 4.74 Å². The first kappa shape index (κ1) is 26.9. The Morgan fingerprint density at radius 1 is 1.29 bits per heavy atom. The lowest BCUT2D eigenvalue weighted by Gasteiger charge is -2.34. The summed E-state index contributed by atoms with van der Waals surface area (Å²) >= 11 is 6.40. The van der Waals surface area contributed by atoms with Crippen LogP contribution in [0.2, 0.25) is 5.02 Å². The monoisotopic (exact) mass is 495 g/mol. The number of rotatable bonds is 10. The van der Waals surface area contributed by atoms with Crippen LogP contribution in [-0.4, -0.2) is 67.7 Å². The SMILES string of the molecule is C=C/C=C(\C)CCNC(=NCCN1CC(C)O[C@H](C)C1)c1ccc(-c2ncccc2Cl)cc1NC. The molecular weight excluding hydrogens is 458 g/mol. The molecule has 1 aliphatic heterocycles. The van der Waals surface area contributed by atoms with Crippen LogP contribution in [0.5, 0.6) is 0 Å². The average molecular weight is 496 g/mol. The standard InChI is InChI=1S/C28H38ClN5O/c1-6-8-20(2)12-14-32-28(33-15-16-34-18-21(3)35-22(4)19-34)24-11-10-23(17-26(24)30-5)27-25(29)9-7-13-31-27/h6-11,13,17,21-22,30H,1,12,14-16,18-19H2,2-5H3,(H,32,33)/b20-8+/t21-,22?/m1/s1. The van der Waals surface area contributed by atoms with E-state index in [1.807, 2.05) is 31.3 Å². The molecule has 0 radical (unpaired) electrons. The first-order chi connectivity index (χ1) is 16.9. The van der Waals surface area contributed by atoms with E-state index in [-0.39, 0.29) is 12.2 Å². The Bertz CT molecular complexity index is 1040. The van der Waals surface area contributed by atoms with Gasteiger partial charge in [-0.05, 0) is 51.5 Å². The third-order valence-electron chi connectivity index (χ3n) is 5.97. The van der Waals surface area contributed by atoms with Crippen molar-refractivity contribution < 1.29 is 4.74 Å². The molecule has 0 saturated carbocycles. The Morgan fingerprint density at radius 2 is 2.06 bits per heavy atom. The van der Waals surface area contributed by atoms with Gasteiger partial charge in [0.25, 0.3) is 0 Å². The molecule has 1 aromatic heterocycles. The Morgan fingerprint density at radius 3 is 2.74 bits per heavy atom. The summed E-state index contributed by atoms with van der Waals surface area (Å²) < 4.78 is 5.87. The number of ether oxygens (including phenoxy) is 1. The van der Waals surface area contributed by atoms with Gasteiger partial charge in [-0.25, -0.2) is 0 Å². The summed E-state index contributed by atoms with van der Waals surface area (Å²) in [6, 6.07) is 9.92. The Balaban J connectivity index is 1.82. The maximum atomic E-state index is 6.40. The summed E-state index contributed by atoms with van der Waals surface area (Å²) in [4.78, 5) is 11.9. The van der Waals surface area contributed by atoms with Gasteiger partial charge in [-0.3, -0.25) is 14.9 Å². The highest BCUT2D eigenvalue weighted by Crippen LogP contribution is 2.29. The summed E-state index contributed by atoms with van der Waals surface area (Å²) in [6.45, 7) is 14.4. The van der Waals surface area contributed by atoms with E-state index in [2.05, 4.69) is 66.1 Å². The molecule has 0 spiro atoms. The van der Waals surface area contributed by atoms with Crippen LogP contribution >= 0.6 is 11.6 Å². The number of aliphatic imine (C=N–C) groups is 1. The van der Waals surface area contributed by atoms with E-state index >= 15 is 0 Å². The van der Waals surface area contributed by atoms with Gasteiger partial charge in [0.1, 0.15) is 5.84 Å². The number of anilines is 1. The largest absolute Gasteiger partial charge is 0.388 e. The second-order valence-corrected chi connectivity index (χ2v) is 9.42. The highest BCUT2D eigenvalue weighted by Gasteiger charge is 2.21. The van der Waals surface area contributed by atoms with Crippen molar-refractivity contribution in [2.75, 3.05) is 45.1 Å². The van der Waals surface area contributed by atoms with Crippen LogP contribution in [0.1, 0.15) is 32.8 Å². The lowest BCUT2D eigenvalue weighted by Crippen LogP contribution is -2.46. The van der Waals surface area contributed by atoms with Crippen LogP contribution < -0.4 is 10.6 Å². The van der Waals surface area contributed by atoms with Gasteiger partial charge >= 0.3 is 0 Å². The maximum absolute atomic E-state index is 6.40. The van der Waals surface area contributed by atoms with Crippen molar-refractivity contribution in [2.24, 2.45) is 4.99 Å². The highest BCUT2D eigenvalue weighted by atomic mass is 35.5. The van der Waals surface area contributed by atoms with Gasteiger partial charge < -0.3 is 15.4 Å². The highest BCUT2D eigenvalue weighted by molar-refractivity contribution is 6.33. The maximum Gasteiger partial charge on any atom is 0.130 e. The number of benzene rings is 1. The minimum atomic E-state index is 0.252. The van der Waals surface area contributed by atoms with Crippen molar-refractivity contribution in [2.45, 2.75) is 39.4 Å². The third-order valence-corrected chi connectivity index (χ3v) is 6.28. The van der Waals surface area contributed by atoms with Gasteiger partial charge in [0.2, 0.25) is 0 Å². The second-order valence-electron chi connectivity index (χ2n) is 9.02. The molecule has 35 heavy (non-hydrogen) atoms. The fourth-order valence-corrected chi connectivity index (χ4v) is 4.60. The molecular formula is C28H38ClN5O. The lowest BCUT2D eigenvalue weighted by molar-refractivity contribution is -0.0669. The normalized spacial score (nSPS) is 19.5. The van der Waals surface area contributed by atoms with Gasteiger partial charge in [-0.15, -0.1) is 0 Å². The quantitative estimate of drug-likeness (QED) is 0.262. The predicted molar refractivity (Wildman–Crippen MR) is 149 cm³/mol. The van der Waals surface area contributed by atoms with Crippen LogP contribution in [0.15, 0.2) is 65.8 Å². The molecule has 2 aromatic rings. The minimum Gasteiger partial charge on any atom is -0.388 e. The predicted octanol–water partition coefficient (Wildman–Crippen LogP) is 5.41. The Hall–Kier alpha value is -2.67. The summed E-state index contributed by atoms with van der Waals surface area (Å²) in [6.07, 6.45) is 7.05. The van der Waals surface area contributed by atoms with Crippen molar-refractivity contribution in [1.82, 2.24) is 15.2 Å². The Labute approximate surface area is 215 Å². The number of hydrogen-bond acceptors (Lipinski definition) is 5. The molecule has 1 unspecified atom stereocenters. The van der Waals surface area contributed by atoms with E-state index in [9.17, 15) is 0 Å². The zero-order valence-corrected chi connectivity index (χ0v) is 22.1. The van der Waals surface area contributed by atoms with E-state index < -0.39 is 0 Å². The molecule has 2 atom stereocenters. The molecule has 1 aliphatic rings. The number of nitrogens with one attached hydrogen (secondary N) is 2. The van der Waals surface area contributed by atoms with Crippen LogP contribution in [0.3, 0.4) is 0 Å². The molecule has 0 amide bonds. The van der Waals surface area contributed by atoms with Gasteiger partial charge in [0, 0.05) is 56.2 Å². The van der Waals surface area contributed by atoms with Gasteiger partial charge in [-0.1, -0.05) is 42.0 Å². The number of amidine groups is 1. The molecule has 1 fully saturated rings. The number of pyridine rings is 1. The average Bonchev–Trinajstić information content (AvgIpc) is 2.82. The van der Waals surface area contributed by atoms with E-state index in [1.54, 1.807) is 6.20 Å². The van der Waals surface area contributed by atoms with Gasteiger partial charge in [0.05, 0.1) is 29.5 Å². The van der Waals surface area contributed by atoms with E-state index in [0.717, 1.165) is 60.9 Å². The van der Waals surface area contributed by atoms with E-state index in [1.165, 1.54) is 5.57 Å². The number of aromatic nitrogens is 1.